The fraction of sp³-hybridized carbons (Fsp3) is 0.235. The Morgan fingerprint density at radius 3 is 2.67 bits per heavy atom. The maximum atomic E-state index is 5.99. The molecule has 0 aliphatic heterocycles. The molecule has 0 spiro atoms. The molecule has 0 saturated heterocycles. The van der Waals surface area contributed by atoms with Crippen molar-refractivity contribution in [3.8, 4) is 5.75 Å². The minimum absolute atomic E-state index is 0.149. The van der Waals surface area contributed by atoms with Gasteiger partial charge in [-0.15, -0.1) is 0 Å². The molecule has 0 saturated carbocycles. The molecule has 4 heteroatoms. The van der Waals surface area contributed by atoms with E-state index in [1.54, 1.807) is 0 Å². The molecular weight excluding hydrogens is 284 g/mol. The van der Waals surface area contributed by atoms with Gasteiger partial charge in [0.15, 0.2) is 6.10 Å². The van der Waals surface area contributed by atoms with E-state index in [4.69, 9.17) is 16.3 Å². The Morgan fingerprint density at radius 2 is 1.95 bits per heavy atom. The van der Waals surface area contributed by atoms with Gasteiger partial charge in [0.2, 0.25) is 0 Å². The van der Waals surface area contributed by atoms with E-state index >= 15 is 0 Å². The van der Waals surface area contributed by atoms with E-state index in [-0.39, 0.29) is 6.10 Å². The third-order valence-corrected chi connectivity index (χ3v) is 3.73. The minimum atomic E-state index is -0.149. The molecule has 0 aliphatic rings. The van der Waals surface area contributed by atoms with Crippen LogP contribution in [0.1, 0.15) is 31.3 Å². The van der Waals surface area contributed by atoms with Crippen molar-refractivity contribution in [2.45, 2.75) is 26.4 Å². The van der Waals surface area contributed by atoms with E-state index in [1.165, 1.54) is 5.56 Å². The molecule has 3 rings (SSSR count). The van der Waals surface area contributed by atoms with Crippen molar-refractivity contribution in [2.75, 3.05) is 0 Å². The van der Waals surface area contributed by atoms with Gasteiger partial charge in [0.25, 0.3) is 0 Å². The van der Waals surface area contributed by atoms with Crippen LogP contribution in [-0.2, 0) is 6.42 Å². The molecule has 0 unspecified atom stereocenters. The van der Waals surface area contributed by atoms with Crippen LogP contribution in [0.3, 0.4) is 0 Å². The number of fused-ring (bicyclic) bond motifs is 1. The number of hydrogen-bond donors (Lipinski definition) is 1. The first-order chi connectivity index (χ1) is 10.2. The predicted molar refractivity (Wildman–Crippen MR) is 86.0 cm³/mol. The lowest BCUT2D eigenvalue weighted by Gasteiger charge is -2.12. The summed E-state index contributed by atoms with van der Waals surface area (Å²) < 4.78 is 5.93. The fourth-order valence-corrected chi connectivity index (χ4v) is 2.43. The second kappa shape index (κ2) is 5.78. The van der Waals surface area contributed by atoms with Crippen molar-refractivity contribution >= 4 is 22.6 Å². The molecule has 0 amide bonds. The molecule has 2 aromatic carbocycles. The number of hydrogen-bond acceptors (Lipinski definition) is 2. The van der Waals surface area contributed by atoms with E-state index in [2.05, 4.69) is 29.0 Å². The smallest absolute Gasteiger partial charge is 0.153 e. The Hall–Kier alpha value is -2.00. The molecule has 1 atom stereocenters. The third kappa shape index (κ3) is 3.03. The SMILES string of the molecule is CCc1ccc(O[C@@H](C)c2nc3ccc(Cl)cc3[nH]2)cc1. The molecule has 3 aromatic rings. The first kappa shape index (κ1) is 14.0. The van der Waals surface area contributed by atoms with Crippen molar-refractivity contribution in [3.63, 3.8) is 0 Å². The zero-order valence-electron chi connectivity index (χ0n) is 12.1. The Morgan fingerprint density at radius 1 is 1.19 bits per heavy atom. The standard InChI is InChI=1S/C17H17ClN2O/c1-3-12-4-7-14(8-5-12)21-11(2)17-19-15-9-6-13(18)10-16(15)20-17/h4-11H,3H2,1-2H3,(H,19,20)/t11-/m0/s1. The van der Waals surface area contributed by atoms with E-state index in [0.29, 0.717) is 5.02 Å². The van der Waals surface area contributed by atoms with Crippen LogP contribution < -0.4 is 4.74 Å². The number of benzene rings is 2. The largest absolute Gasteiger partial charge is 0.483 e. The highest BCUT2D eigenvalue weighted by Gasteiger charge is 2.12. The fourth-order valence-electron chi connectivity index (χ4n) is 2.26. The van der Waals surface area contributed by atoms with Gasteiger partial charge in [0.1, 0.15) is 11.6 Å². The molecule has 3 nitrogen and oxygen atoms in total. The summed E-state index contributed by atoms with van der Waals surface area (Å²) in [4.78, 5) is 7.80. The summed E-state index contributed by atoms with van der Waals surface area (Å²) in [6.07, 6.45) is 0.879. The summed E-state index contributed by atoms with van der Waals surface area (Å²) in [5.41, 5.74) is 3.12. The van der Waals surface area contributed by atoms with Gasteiger partial charge in [-0.3, -0.25) is 0 Å². The van der Waals surface area contributed by atoms with Crippen LogP contribution in [0.25, 0.3) is 11.0 Å². The Bertz CT molecular complexity index is 749. The van der Waals surface area contributed by atoms with Crippen molar-refractivity contribution in [1.29, 1.82) is 0 Å². The highest BCUT2D eigenvalue weighted by atomic mass is 35.5. The number of aromatic nitrogens is 2. The number of rotatable bonds is 4. The molecule has 21 heavy (non-hydrogen) atoms. The summed E-state index contributed by atoms with van der Waals surface area (Å²) >= 11 is 5.99. The summed E-state index contributed by atoms with van der Waals surface area (Å²) in [5.74, 6) is 1.64. The number of nitrogens with one attached hydrogen (secondary N) is 1. The Labute approximate surface area is 128 Å². The number of halogens is 1. The van der Waals surface area contributed by atoms with Crippen molar-refractivity contribution in [1.82, 2.24) is 9.97 Å². The normalized spacial score (nSPS) is 12.5. The van der Waals surface area contributed by atoms with Gasteiger partial charge in [-0.1, -0.05) is 30.7 Å². The van der Waals surface area contributed by atoms with Gasteiger partial charge in [-0.2, -0.15) is 0 Å². The van der Waals surface area contributed by atoms with E-state index in [1.807, 2.05) is 37.3 Å². The molecule has 108 valence electrons. The van der Waals surface area contributed by atoms with E-state index in [0.717, 1.165) is 29.0 Å². The molecular formula is C17H17ClN2O. The minimum Gasteiger partial charge on any atom is -0.483 e. The molecule has 1 aromatic heterocycles. The van der Waals surface area contributed by atoms with Gasteiger partial charge in [-0.25, -0.2) is 4.98 Å². The van der Waals surface area contributed by atoms with Gasteiger partial charge in [0.05, 0.1) is 11.0 Å². The molecule has 0 fully saturated rings. The molecule has 0 radical (unpaired) electrons. The Kier molecular flexibility index (Phi) is 3.84. The average molecular weight is 301 g/mol. The number of nitrogens with zero attached hydrogens (tertiary/aromatic N) is 1. The van der Waals surface area contributed by atoms with Crippen LogP contribution in [0.2, 0.25) is 5.02 Å². The monoisotopic (exact) mass is 300 g/mol. The molecule has 1 heterocycles. The van der Waals surface area contributed by atoms with Crippen molar-refractivity contribution < 1.29 is 4.74 Å². The van der Waals surface area contributed by atoms with Crippen LogP contribution in [0.4, 0.5) is 0 Å². The van der Waals surface area contributed by atoms with Crippen molar-refractivity contribution in [3.05, 3.63) is 58.9 Å². The van der Waals surface area contributed by atoms with E-state index in [9.17, 15) is 0 Å². The van der Waals surface area contributed by atoms with Gasteiger partial charge in [-0.05, 0) is 49.2 Å². The van der Waals surface area contributed by atoms with Gasteiger partial charge < -0.3 is 9.72 Å². The van der Waals surface area contributed by atoms with Crippen LogP contribution >= 0.6 is 11.6 Å². The highest BCUT2D eigenvalue weighted by Crippen LogP contribution is 2.24. The van der Waals surface area contributed by atoms with Crippen LogP contribution in [0.15, 0.2) is 42.5 Å². The van der Waals surface area contributed by atoms with Gasteiger partial charge >= 0.3 is 0 Å². The number of aryl methyl sites for hydroxylation is 1. The van der Waals surface area contributed by atoms with Crippen LogP contribution in [-0.4, -0.2) is 9.97 Å². The zero-order valence-corrected chi connectivity index (χ0v) is 12.8. The first-order valence-corrected chi connectivity index (χ1v) is 7.44. The molecule has 0 bridgehead atoms. The summed E-state index contributed by atoms with van der Waals surface area (Å²) in [7, 11) is 0. The second-order valence-corrected chi connectivity index (χ2v) is 5.48. The quantitative estimate of drug-likeness (QED) is 0.742. The van der Waals surface area contributed by atoms with E-state index < -0.39 is 0 Å². The molecule has 0 aliphatic carbocycles. The summed E-state index contributed by atoms with van der Waals surface area (Å²) in [6.45, 7) is 4.12. The second-order valence-electron chi connectivity index (χ2n) is 5.04. The predicted octanol–water partition coefficient (Wildman–Crippen LogP) is 4.92. The zero-order chi connectivity index (χ0) is 14.8. The highest BCUT2D eigenvalue weighted by molar-refractivity contribution is 6.31. The third-order valence-electron chi connectivity index (χ3n) is 3.49. The van der Waals surface area contributed by atoms with Crippen molar-refractivity contribution in [2.24, 2.45) is 0 Å². The topological polar surface area (TPSA) is 37.9 Å². The van der Waals surface area contributed by atoms with Crippen LogP contribution in [0, 0.1) is 0 Å². The summed E-state index contributed by atoms with van der Waals surface area (Å²) in [5, 5.41) is 0.696. The molecule has 1 N–H and O–H groups in total. The lowest BCUT2D eigenvalue weighted by molar-refractivity contribution is 0.218. The number of imidazole rings is 1. The lowest BCUT2D eigenvalue weighted by atomic mass is 10.2. The van der Waals surface area contributed by atoms with Crippen LogP contribution in [0.5, 0.6) is 5.75 Å². The maximum Gasteiger partial charge on any atom is 0.153 e. The average Bonchev–Trinajstić information content (AvgIpc) is 2.91. The lowest BCUT2D eigenvalue weighted by Crippen LogP contribution is -2.05. The maximum absolute atomic E-state index is 5.99. The van der Waals surface area contributed by atoms with Gasteiger partial charge in [0, 0.05) is 5.02 Å². The Balaban J connectivity index is 1.80. The number of aromatic amines is 1. The number of H-pyrrole nitrogens is 1. The first-order valence-electron chi connectivity index (χ1n) is 7.06. The number of ether oxygens (including phenoxy) is 1. The summed E-state index contributed by atoms with van der Waals surface area (Å²) in [6, 6.07) is 13.8.